The molecule has 9 nitrogen and oxygen atoms in total. The maximum Gasteiger partial charge on any atom is 0.256 e. The predicted octanol–water partition coefficient (Wildman–Crippen LogP) is 7.45. The van der Waals surface area contributed by atoms with Crippen LogP contribution in [0.3, 0.4) is 0 Å². The normalized spacial score (nSPS) is 10.1. The van der Waals surface area contributed by atoms with Crippen LogP contribution >= 0.6 is 0 Å². The second-order valence-corrected chi connectivity index (χ2v) is 10.6. The Morgan fingerprint density at radius 2 is 0.796 bits per heavy atom. The van der Waals surface area contributed by atoms with E-state index in [2.05, 4.69) is 16.0 Å². The number of amides is 1. The lowest BCUT2D eigenvalue weighted by molar-refractivity contribution is 0.0990. The molecule has 0 spiro atoms. The summed E-state index contributed by atoms with van der Waals surface area (Å²) in [7, 11) is 0. The van der Waals surface area contributed by atoms with E-state index < -0.39 is 5.91 Å². The van der Waals surface area contributed by atoms with Gasteiger partial charge in [0, 0.05) is 0 Å². The van der Waals surface area contributed by atoms with E-state index in [1.165, 1.54) is 24.8 Å². The number of carbonyl (C=O) groups excluding carboxylic acids is 1. The number of carbonyl (C=O) groups is 1. The molecule has 9 heteroatoms. The molecule has 2 N–H and O–H groups in total. The second-order valence-electron chi connectivity index (χ2n) is 10.6. The average Bonchev–Trinajstić information content (AvgIpc) is 3.16. The monoisotopic (exact) mass is 650 g/mol. The molecule has 4 aromatic carbocycles. The molecular weight excluding hydrogens is 616 g/mol. The number of ether oxygens (including phenoxy) is 4. The topological polar surface area (TPSA) is 130 Å². The average molecular weight is 651 g/mol. The van der Waals surface area contributed by atoms with Gasteiger partial charge in [-0.1, -0.05) is 121 Å². The molecule has 0 saturated carbocycles. The summed E-state index contributed by atoms with van der Waals surface area (Å²) in [6, 6.07) is 41.0. The quantitative estimate of drug-likeness (QED) is 0.136. The Hall–Kier alpha value is -6.66. The van der Waals surface area contributed by atoms with Crippen molar-refractivity contribution in [1.29, 1.82) is 5.26 Å². The van der Waals surface area contributed by atoms with Crippen molar-refractivity contribution in [3.8, 4) is 29.1 Å². The van der Waals surface area contributed by atoms with E-state index >= 15 is 0 Å². The number of nitrogens with two attached hydrogens (primary N) is 1. The van der Waals surface area contributed by atoms with Crippen molar-refractivity contribution < 1.29 is 23.7 Å². The van der Waals surface area contributed by atoms with Gasteiger partial charge in [0.15, 0.2) is 23.0 Å². The summed E-state index contributed by atoms with van der Waals surface area (Å²) in [5.41, 5.74) is 10.1. The molecule has 0 unspecified atom stereocenters. The minimum absolute atomic E-state index is 0.196. The van der Waals surface area contributed by atoms with Crippen molar-refractivity contribution in [1.82, 2.24) is 9.97 Å². The van der Waals surface area contributed by atoms with Gasteiger partial charge in [0.25, 0.3) is 5.91 Å². The summed E-state index contributed by atoms with van der Waals surface area (Å²) in [5.74, 6) is 0.844. The maximum absolute atomic E-state index is 11.9. The lowest BCUT2D eigenvalue weighted by Crippen LogP contribution is -2.15. The molecule has 2 aromatic heterocycles. The molecular formula is C40H34N4O5. The fraction of sp³-hybridized carbons (Fsp3) is 0.100. The molecule has 1 amide bonds. The Labute approximate surface area is 285 Å². The van der Waals surface area contributed by atoms with E-state index in [0.29, 0.717) is 55.0 Å². The number of pyridine rings is 2. The Kier molecular flexibility index (Phi) is 12.3. The lowest BCUT2D eigenvalue weighted by atomic mass is 10.2. The van der Waals surface area contributed by atoms with Crippen LogP contribution in [0.4, 0.5) is 0 Å². The van der Waals surface area contributed by atoms with E-state index in [-0.39, 0.29) is 5.56 Å². The Morgan fingerprint density at radius 3 is 1.08 bits per heavy atom. The van der Waals surface area contributed by atoms with Gasteiger partial charge in [0.1, 0.15) is 43.6 Å². The van der Waals surface area contributed by atoms with Crippen molar-refractivity contribution in [2.45, 2.75) is 26.4 Å². The van der Waals surface area contributed by atoms with Crippen LogP contribution in [0.5, 0.6) is 23.0 Å². The van der Waals surface area contributed by atoms with Gasteiger partial charge >= 0.3 is 0 Å². The standard InChI is InChI=1S/C20H18N2O3.C20H16N2O2/c21-20(23)19-17(24-13-15-7-3-1-4-8-15)11-22-12-18(19)25-14-16-9-5-2-6-10-16;21-11-18-19(23-14-16-7-3-1-4-8-16)12-22-13-20(18)24-15-17-9-5-2-6-10-17/h1-12H,13-14H2,(H2,21,23);1-10,12-13H,14-15H2. The molecule has 0 saturated heterocycles. The molecule has 0 radical (unpaired) electrons. The number of rotatable bonds is 13. The first-order chi connectivity index (χ1) is 24.1. The van der Waals surface area contributed by atoms with Crippen LogP contribution in [0.15, 0.2) is 146 Å². The van der Waals surface area contributed by atoms with E-state index in [4.69, 9.17) is 24.7 Å². The van der Waals surface area contributed by atoms with Gasteiger partial charge in [0.2, 0.25) is 0 Å². The number of hydrogen-bond donors (Lipinski definition) is 1. The van der Waals surface area contributed by atoms with Gasteiger partial charge in [-0.25, -0.2) is 0 Å². The van der Waals surface area contributed by atoms with Gasteiger partial charge < -0.3 is 24.7 Å². The second kappa shape index (κ2) is 17.9. The number of nitriles is 1. The first kappa shape index (κ1) is 33.7. The van der Waals surface area contributed by atoms with Gasteiger partial charge in [-0.2, -0.15) is 5.26 Å². The van der Waals surface area contributed by atoms with Gasteiger partial charge in [-0.15, -0.1) is 0 Å². The van der Waals surface area contributed by atoms with Crippen LogP contribution in [0.2, 0.25) is 0 Å². The summed E-state index contributed by atoms with van der Waals surface area (Å²) >= 11 is 0. The molecule has 6 aromatic rings. The first-order valence-electron chi connectivity index (χ1n) is 15.4. The fourth-order valence-electron chi connectivity index (χ4n) is 4.58. The highest BCUT2D eigenvalue weighted by atomic mass is 16.5. The molecule has 0 fully saturated rings. The van der Waals surface area contributed by atoms with Crippen molar-refractivity contribution in [3.63, 3.8) is 0 Å². The minimum Gasteiger partial charge on any atom is -0.486 e. The zero-order chi connectivity index (χ0) is 34.1. The van der Waals surface area contributed by atoms with Crippen LogP contribution < -0.4 is 24.7 Å². The first-order valence-corrected chi connectivity index (χ1v) is 15.4. The third kappa shape index (κ3) is 10.2. The van der Waals surface area contributed by atoms with Crippen molar-refractivity contribution in [2.75, 3.05) is 0 Å². The van der Waals surface area contributed by atoms with E-state index in [1.807, 2.05) is 121 Å². The predicted molar refractivity (Wildman–Crippen MR) is 185 cm³/mol. The van der Waals surface area contributed by atoms with Crippen LogP contribution in [0, 0.1) is 11.3 Å². The molecule has 2 heterocycles. The van der Waals surface area contributed by atoms with Crippen LogP contribution in [-0.4, -0.2) is 15.9 Å². The van der Waals surface area contributed by atoms with E-state index in [1.54, 1.807) is 0 Å². The number of benzene rings is 4. The van der Waals surface area contributed by atoms with Gasteiger partial charge in [-0.3, -0.25) is 14.8 Å². The van der Waals surface area contributed by atoms with Crippen molar-refractivity contribution in [2.24, 2.45) is 5.73 Å². The van der Waals surface area contributed by atoms with Crippen molar-refractivity contribution in [3.05, 3.63) is 179 Å². The van der Waals surface area contributed by atoms with Gasteiger partial charge in [-0.05, 0) is 22.3 Å². The largest absolute Gasteiger partial charge is 0.486 e. The molecule has 244 valence electrons. The highest BCUT2D eigenvalue weighted by molar-refractivity contribution is 5.98. The molecule has 6 rings (SSSR count). The highest BCUT2D eigenvalue weighted by Crippen LogP contribution is 2.29. The Morgan fingerprint density at radius 1 is 0.510 bits per heavy atom. The Balaban J connectivity index is 0.000000191. The smallest absolute Gasteiger partial charge is 0.256 e. The molecule has 0 atom stereocenters. The molecule has 49 heavy (non-hydrogen) atoms. The summed E-state index contributed by atoms with van der Waals surface area (Å²) in [6.45, 7) is 1.37. The number of primary amides is 1. The summed E-state index contributed by atoms with van der Waals surface area (Å²) in [5, 5.41) is 9.46. The highest BCUT2D eigenvalue weighted by Gasteiger charge is 2.18. The molecule has 0 aliphatic rings. The third-order valence-electron chi connectivity index (χ3n) is 7.06. The van der Waals surface area contributed by atoms with E-state index in [0.717, 1.165) is 22.3 Å². The van der Waals surface area contributed by atoms with Crippen molar-refractivity contribution >= 4 is 5.91 Å². The summed E-state index contributed by atoms with van der Waals surface area (Å²) in [6.07, 6.45) is 6.02. The molecule has 0 aliphatic carbocycles. The van der Waals surface area contributed by atoms with Crippen LogP contribution in [-0.2, 0) is 26.4 Å². The third-order valence-corrected chi connectivity index (χ3v) is 7.06. The maximum atomic E-state index is 11.9. The number of hydrogen-bond acceptors (Lipinski definition) is 8. The zero-order valence-electron chi connectivity index (χ0n) is 26.6. The molecule has 0 bridgehead atoms. The SMILES string of the molecule is N#Cc1c(OCc2ccccc2)cncc1OCc1ccccc1.NC(=O)c1c(OCc2ccccc2)cncc1OCc1ccccc1. The molecule has 0 aliphatic heterocycles. The van der Waals surface area contributed by atoms with Crippen LogP contribution in [0.1, 0.15) is 38.2 Å². The zero-order valence-corrected chi connectivity index (χ0v) is 26.6. The van der Waals surface area contributed by atoms with E-state index in [9.17, 15) is 10.1 Å². The lowest BCUT2D eigenvalue weighted by Gasteiger charge is -2.14. The fourth-order valence-corrected chi connectivity index (χ4v) is 4.58. The van der Waals surface area contributed by atoms with Gasteiger partial charge in [0.05, 0.1) is 24.8 Å². The summed E-state index contributed by atoms with van der Waals surface area (Å²) < 4.78 is 23.0. The van der Waals surface area contributed by atoms with Crippen LogP contribution in [0.25, 0.3) is 0 Å². The number of aromatic nitrogens is 2. The summed E-state index contributed by atoms with van der Waals surface area (Å²) in [4.78, 5) is 20.1. The minimum atomic E-state index is -0.617. The number of nitrogens with zero attached hydrogens (tertiary/aromatic N) is 3. The Bertz CT molecular complexity index is 1830.